The Morgan fingerprint density at radius 1 is 1.08 bits per heavy atom. The molecule has 1 aliphatic heterocycles. The lowest BCUT2D eigenvalue weighted by molar-refractivity contribution is -0.138. The number of aliphatic carboxylic acids is 1. The van der Waals surface area contributed by atoms with Crippen molar-refractivity contribution in [2.24, 2.45) is 5.92 Å². The molecule has 3 atom stereocenters. The Hall–Kier alpha value is -2.54. The van der Waals surface area contributed by atoms with E-state index in [1.165, 1.54) is 12.1 Å². The van der Waals surface area contributed by atoms with Crippen LogP contribution in [0, 0.1) is 12.8 Å². The number of carboxylic acids is 1. The van der Waals surface area contributed by atoms with E-state index < -0.39 is 32.9 Å². The van der Waals surface area contributed by atoms with E-state index in [9.17, 15) is 18.3 Å². The Kier molecular flexibility index (Phi) is 3.50. The Morgan fingerprint density at radius 2 is 1.76 bits per heavy atom. The van der Waals surface area contributed by atoms with Crippen LogP contribution < -0.4 is 9.47 Å². The molecule has 2 aliphatic rings. The van der Waals surface area contributed by atoms with Gasteiger partial charge in [0, 0.05) is 5.92 Å². The second-order valence-corrected chi connectivity index (χ2v) is 8.43. The van der Waals surface area contributed by atoms with E-state index in [4.69, 9.17) is 9.47 Å². The number of hydrogen-bond donors (Lipinski definition) is 1. The van der Waals surface area contributed by atoms with Gasteiger partial charge in [0.1, 0.15) is 0 Å². The zero-order chi connectivity index (χ0) is 17.8. The van der Waals surface area contributed by atoms with Crippen LogP contribution in [0.25, 0.3) is 0 Å². The van der Waals surface area contributed by atoms with Crippen molar-refractivity contribution in [3.05, 3.63) is 53.6 Å². The minimum absolute atomic E-state index is 0.108. The quantitative estimate of drug-likeness (QED) is 0.900. The third kappa shape index (κ3) is 2.55. The summed E-state index contributed by atoms with van der Waals surface area (Å²) < 4.78 is 36.4. The molecule has 1 N–H and O–H groups in total. The number of carbonyl (C=O) groups is 1. The van der Waals surface area contributed by atoms with E-state index >= 15 is 0 Å². The summed E-state index contributed by atoms with van der Waals surface area (Å²) >= 11 is 0. The zero-order valence-electron chi connectivity index (χ0n) is 13.4. The lowest BCUT2D eigenvalue weighted by Gasteiger charge is -2.05. The number of ether oxygens (including phenoxy) is 2. The number of carboxylic acid groups (broad SMARTS) is 1. The molecule has 0 bridgehead atoms. The van der Waals surface area contributed by atoms with Crippen molar-refractivity contribution in [1.29, 1.82) is 0 Å². The predicted octanol–water partition coefficient (Wildman–Crippen LogP) is 2.36. The van der Waals surface area contributed by atoms with Crippen molar-refractivity contribution >= 4 is 15.8 Å². The fourth-order valence-corrected chi connectivity index (χ4v) is 5.49. The fourth-order valence-electron chi connectivity index (χ4n) is 3.37. The van der Waals surface area contributed by atoms with Gasteiger partial charge in [0.25, 0.3) is 0 Å². The largest absolute Gasteiger partial charge is 0.481 e. The normalized spacial score (nSPS) is 24.1. The molecular weight excluding hydrogens is 344 g/mol. The minimum Gasteiger partial charge on any atom is -0.481 e. The molecule has 0 saturated heterocycles. The van der Waals surface area contributed by atoms with E-state index in [2.05, 4.69) is 0 Å². The highest BCUT2D eigenvalue weighted by molar-refractivity contribution is 7.92. The number of fused-ring (bicyclic) bond motifs is 1. The van der Waals surface area contributed by atoms with Crippen LogP contribution in [0.1, 0.15) is 17.0 Å². The van der Waals surface area contributed by atoms with Gasteiger partial charge in [-0.1, -0.05) is 23.8 Å². The highest BCUT2D eigenvalue weighted by Gasteiger charge is 2.63. The van der Waals surface area contributed by atoms with Crippen LogP contribution in [0.2, 0.25) is 0 Å². The first-order valence-electron chi connectivity index (χ1n) is 7.82. The van der Waals surface area contributed by atoms with Crippen molar-refractivity contribution in [3.63, 3.8) is 0 Å². The van der Waals surface area contributed by atoms with Gasteiger partial charge < -0.3 is 14.6 Å². The number of aryl methyl sites for hydroxylation is 1. The van der Waals surface area contributed by atoms with Crippen molar-refractivity contribution in [2.75, 3.05) is 6.79 Å². The SMILES string of the molecule is Cc1ccc(S(=O)(=O)C2C(C(=O)O)C2c2ccc3c(c2)OCO3)cc1. The highest BCUT2D eigenvalue weighted by atomic mass is 32.2. The average molecular weight is 360 g/mol. The van der Waals surface area contributed by atoms with Crippen molar-refractivity contribution in [3.8, 4) is 11.5 Å². The van der Waals surface area contributed by atoms with Crippen LogP contribution in [0.4, 0.5) is 0 Å². The van der Waals surface area contributed by atoms with Crippen LogP contribution in [-0.2, 0) is 14.6 Å². The summed E-state index contributed by atoms with van der Waals surface area (Å²) in [7, 11) is -3.74. The van der Waals surface area contributed by atoms with Gasteiger partial charge in [0.15, 0.2) is 21.3 Å². The Bertz CT molecular complexity index is 948. The molecule has 7 heteroatoms. The molecule has 6 nitrogen and oxygen atoms in total. The molecule has 1 saturated carbocycles. The molecule has 2 aromatic carbocycles. The first kappa shape index (κ1) is 16.0. The standard InChI is InChI=1S/C18H16O6S/c1-10-2-5-12(6-3-10)25(21,22)17-15(16(17)18(19)20)11-4-7-13-14(8-11)24-9-23-13/h2-8,15-17H,9H2,1H3,(H,19,20). The van der Waals surface area contributed by atoms with Gasteiger partial charge in [-0.15, -0.1) is 0 Å². The van der Waals surface area contributed by atoms with Crippen LogP contribution in [0.15, 0.2) is 47.4 Å². The number of hydrogen-bond acceptors (Lipinski definition) is 5. The van der Waals surface area contributed by atoms with Gasteiger partial charge in [-0.3, -0.25) is 4.79 Å². The molecule has 0 amide bonds. The van der Waals surface area contributed by atoms with Crippen LogP contribution in [0.3, 0.4) is 0 Å². The summed E-state index contributed by atoms with van der Waals surface area (Å²) in [5.41, 5.74) is 1.58. The van der Waals surface area contributed by atoms with E-state index in [1.807, 2.05) is 6.92 Å². The summed E-state index contributed by atoms with van der Waals surface area (Å²) in [5, 5.41) is 8.50. The molecule has 0 radical (unpaired) electrons. The van der Waals surface area contributed by atoms with Gasteiger partial charge in [-0.05, 0) is 36.8 Å². The van der Waals surface area contributed by atoms with Gasteiger partial charge in [0.2, 0.25) is 6.79 Å². The first-order chi connectivity index (χ1) is 11.9. The number of benzene rings is 2. The third-order valence-electron chi connectivity index (χ3n) is 4.73. The molecule has 1 fully saturated rings. The summed E-state index contributed by atoms with van der Waals surface area (Å²) in [5.74, 6) is -1.58. The molecule has 2 aromatic rings. The monoisotopic (exact) mass is 360 g/mol. The van der Waals surface area contributed by atoms with Gasteiger partial charge >= 0.3 is 5.97 Å². The number of rotatable bonds is 4. The molecule has 1 aliphatic carbocycles. The summed E-state index contributed by atoms with van der Waals surface area (Å²) in [4.78, 5) is 11.8. The molecule has 0 spiro atoms. The maximum Gasteiger partial charge on any atom is 0.308 e. The van der Waals surface area contributed by atoms with E-state index in [1.54, 1.807) is 30.3 Å². The molecule has 130 valence electrons. The smallest absolute Gasteiger partial charge is 0.308 e. The van der Waals surface area contributed by atoms with Crippen molar-refractivity contribution in [2.45, 2.75) is 23.0 Å². The fraction of sp³-hybridized carbons (Fsp3) is 0.278. The van der Waals surface area contributed by atoms with Gasteiger partial charge in [-0.2, -0.15) is 0 Å². The van der Waals surface area contributed by atoms with Gasteiger partial charge in [-0.25, -0.2) is 8.42 Å². The molecule has 4 rings (SSSR count). The van der Waals surface area contributed by atoms with E-state index in [0.29, 0.717) is 17.1 Å². The van der Waals surface area contributed by atoms with E-state index in [-0.39, 0.29) is 11.7 Å². The Labute approximate surface area is 144 Å². The lowest BCUT2D eigenvalue weighted by Crippen LogP contribution is -2.13. The maximum atomic E-state index is 12.9. The number of sulfone groups is 1. The Balaban J connectivity index is 1.71. The first-order valence-corrected chi connectivity index (χ1v) is 9.37. The summed E-state index contributed by atoms with van der Waals surface area (Å²) in [6.45, 7) is 1.97. The molecule has 25 heavy (non-hydrogen) atoms. The topological polar surface area (TPSA) is 89.9 Å². The zero-order valence-corrected chi connectivity index (χ0v) is 14.2. The average Bonchev–Trinajstić information content (AvgIpc) is 3.18. The summed E-state index contributed by atoms with van der Waals surface area (Å²) in [6.07, 6.45) is 0. The van der Waals surface area contributed by atoms with Crippen molar-refractivity contribution < 1.29 is 27.8 Å². The van der Waals surface area contributed by atoms with E-state index in [0.717, 1.165) is 5.56 Å². The van der Waals surface area contributed by atoms with Gasteiger partial charge in [0.05, 0.1) is 16.1 Å². The molecule has 1 heterocycles. The van der Waals surface area contributed by atoms with Crippen LogP contribution in [-0.4, -0.2) is 31.5 Å². The molecule has 0 aromatic heterocycles. The molecule has 3 unspecified atom stereocenters. The predicted molar refractivity (Wildman–Crippen MR) is 88.6 cm³/mol. The third-order valence-corrected chi connectivity index (χ3v) is 6.96. The maximum absolute atomic E-state index is 12.9. The second-order valence-electron chi connectivity index (χ2n) is 6.33. The van der Waals surface area contributed by atoms with Crippen LogP contribution in [0.5, 0.6) is 11.5 Å². The van der Waals surface area contributed by atoms with Crippen molar-refractivity contribution in [1.82, 2.24) is 0 Å². The Morgan fingerprint density at radius 3 is 2.44 bits per heavy atom. The summed E-state index contributed by atoms with van der Waals surface area (Å²) in [6, 6.07) is 11.5. The second kappa shape index (κ2) is 5.49. The minimum atomic E-state index is -3.74. The van der Waals surface area contributed by atoms with Crippen LogP contribution >= 0.6 is 0 Å². The lowest BCUT2D eigenvalue weighted by atomic mass is 10.1. The highest BCUT2D eigenvalue weighted by Crippen LogP contribution is 2.55. The molecular formula is C18H16O6S.